The van der Waals surface area contributed by atoms with Gasteiger partial charge in [0.25, 0.3) is 17.5 Å². The number of nitro groups is 1. The van der Waals surface area contributed by atoms with Crippen LogP contribution in [0.1, 0.15) is 57.8 Å². The minimum atomic E-state index is -0.624. The number of amides is 2. The highest BCUT2D eigenvalue weighted by Crippen LogP contribution is 2.32. The van der Waals surface area contributed by atoms with Crippen LogP contribution in [0.5, 0.6) is 0 Å². The number of nitro benzene ring substituents is 1. The highest BCUT2D eigenvalue weighted by atomic mass is 16.6. The van der Waals surface area contributed by atoms with E-state index in [1.807, 2.05) is 36.4 Å². The Balaban J connectivity index is 1.66. The number of hydrazine groups is 1. The number of carbonyl (C=O) groups excluding carboxylic acids is 2. The van der Waals surface area contributed by atoms with Crippen LogP contribution in [0.4, 0.5) is 11.4 Å². The van der Waals surface area contributed by atoms with E-state index in [0.717, 1.165) is 11.1 Å². The Morgan fingerprint density at radius 3 is 2.31 bits per heavy atom. The minimum Gasteiger partial charge on any atom is -0.359 e. The van der Waals surface area contributed by atoms with E-state index in [-0.39, 0.29) is 17.2 Å². The summed E-state index contributed by atoms with van der Waals surface area (Å²) in [5.41, 5.74) is 5.85. The summed E-state index contributed by atoms with van der Waals surface area (Å²) in [5, 5.41) is 15.5. The van der Waals surface area contributed by atoms with Crippen molar-refractivity contribution < 1.29 is 14.5 Å². The summed E-state index contributed by atoms with van der Waals surface area (Å²) < 4.78 is 0. The Bertz CT molecular complexity index is 1170. The fourth-order valence-electron chi connectivity index (χ4n) is 3.57. The minimum absolute atomic E-state index is 0.116. The van der Waals surface area contributed by atoms with Gasteiger partial charge < -0.3 is 5.32 Å². The maximum Gasteiger partial charge on any atom is 0.276 e. The molecule has 0 saturated heterocycles. The van der Waals surface area contributed by atoms with Crippen LogP contribution in [0, 0.1) is 10.1 Å². The molecule has 0 radical (unpaired) electrons. The van der Waals surface area contributed by atoms with Gasteiger partial charge in [-0.3, -0.25) is 25.1 Å². The number of carbonyl (C=O) groups is 2. The van der Waals surface area contributed by atoms with Crippen LogP contribution in [0.25, 0.3) is 0 Å². The second-order valence-electron chi connectivity index (χ2n) is 7.83. The fourth-order valence-corrected chi connectivity index (χ4v) is 3.57. The summed E-state index contributed by atoms with van der Waals surface area (Å²) in [5.74, 6) is -0.533. The Morgan fingerprint density at radius 2 is 1.69 bits per heavy atom. The lowest BCUT2D eigenvalue weighted by atomic mass is 9.99. The predicted octanol–water partition coefficient (Wildman–Crippen LogP) is 4.63. The van der Waals surface area contributed by atoms with E-state index in [0.29, 0.717) is 17.2 Å². The van der Waals surface area contributed by atoms with Gasteiger partial charge in [0.2, 0.25) is 0 Å². The van der Waals surface area contributed by atoms with Crippen molar-refractivity contribution in [3.63, 3.8) is 0 Å². The molecule has 3 aromatic rings. The number of non-ortho nitro benzene ring substituents is 1. The second-order valence-corrected chi connectivity index (χ2v) is 7.83. The zero-order chi connectivity index (χ0) is 22.8. The van der Waals surface area contributed by atoms with Gasteiger partial charge in [-0.2, -0.15) is 0 Å². The quantitative estimate of drug-likeness (QED) is 0.454. The number of fused-ring (bicyclic) bond motifs is 1. The maximum atomic E-state index is 13.3. The number of hydrogen-bond acceptors (Lipinski definition) is 5. The Labute approximate surface area is 185 Å². The first-order valence-electron chi connectivity index (χ1n) is 10.2. The number of anilines is 1. The first-order chi connectivity index (χ1) is 15.3. The van der Waals surface area contributed by atoms with E-state index >= 15 is 0 Å². The van der Waals surface area contributed by atoms with Gasteiger partial charge in [-0.1, -0.05) is 50.2 Å². The lowest BCUT2D eigenvalue weighted by Gasteiger charge is -2.37. The van der Waals surface area contributed by atoms with Crippen molar-refractivity contribution in [3.05, 3.63) is 105 Å². The molecule has 0 fully saturated rings. The Hall–Kier alpha value is -4.20. The molecule has 162 valence electrons. The van der Waals surface area contributed by atoms with Gasteiger partial charge in [0.05, 0.1) is 10.5 Å². The zero-order valence-electron chi connectivity index (χ0n) is 17.6. The van der Waals surface area contributed by atoms with Gasteiger partial charge in [-0.25, -0.2) is 5.01 Å². The first kappa shape index (κ1) is 21.0. The Kier molecular flexibility index (Phi) is 5.59. The molecule has 8 heteroatoms. The fraction of sp³-hybridized carbons (Fsp3) is 0.167. The molecule has 4 rings (SSSR count). The van der Waals surface area contributed by atoms with Crippen LogP contribution in [0.2, 0.25) is 0 Å². The topological polar surface area (TPSA) is 105 Å². The molecular weight excluding hydrogens is 408 g/mol. The molecule has 32 heavy (non-hydrogen) atoms. The molecule has 0 bridgehead atoms. The van der Waals surface area contributed by atoms with Crippen molar-refractivity contribution in [1.82, 2.24) is 10.4 Å². The molecule has 0 aromatic heterocycles. The van der Waals surface area contributed by atoms with Crippen molar-refractivity contribution in [2.24, 2.45) is 0 Å². The van der Waals surface area contributed by atoms with Crippen molar-refractivity contribution in [3.8, 4) is 0 Å². The lowest BCUT2D eigenvalue weighted by Crippen LogP contribution is -2.52. The number of hydrogen-bond donors (Lipinski definition) is 2. The predicted molar refractivity (Wildman–Crippen MR) is 120 cm³/mol. The number of nitrogens with one attached hydrogen (secondary N) is 2. The van der Waals surface area contributed by atoms with Crippen LogP contribution < -0.4 is 10.7 Å². The highest BCUT2D eigenvalue weighted by Gasteiger charge is 2.34. The van der Waals surface area contributed by atoms with Crippen LogP contribution in [0.3, 0.4) is 0 Å². The van der Waals surface area contributed by atoms with Crippen molar-refractivity contribution in [1.29, 1.82) is 0 Å². The molecule has 0 aliphatic carbocycles. The van der Waals surface area contributed by atoms with Crippen LogP contribution in [-0.4, -0.2) is 21.7 Å². The summed E-state index contributed by atoms with van der Waals surface area (Å²) in [4.78, 5) is 36.5. The highest BCUT2D eigenvalue weighted by molar-refractivity contribution is 6.04. The molecule has 1 aliphatic rings. The summed E-state index contributed by atoms with van der Waals surface area (Å²) in [6, 6.07) is 20.2. The molecule has 1 atom stereocenters. The summed E-state index contributed by atoms with van der Waals surface area (Å²) in [6.07, 6.45) is -0.624. The van der Waals surface area contributed by atoms with Crippen molar-refractivity contribution in [2.75, 3.05) is 5.32 Å². The van der Waals surface area contributed by atoms with Crippen LogP contribution in [0.15, 0.2) is 72.8 Å². The largest absolute Gasteiger partial charge is 0.359 e. The monoisotopic (exact) mass is 430 g/mol. The van der Waals surface area contributed by atoms with Crippen molar-refractivity contribution in [2.45, 2.75) is 25.9 Å². The average molecular weight is 430 g/mol. The van der Waals surface area contributed by atoms with E-state index in [1.165, 1.54) is 29.3 Å². The van der Waals surface area contributed by atoms with Gasteiger partial charge in [-0.15, -0.1) is 0 Å². The number of rotatable bonds is 5. The van der Waals surface area contributed by atoms with Gasteiger partial charge in [0.1, 0.15) is 6.17 Å². The molecule has 0 saturated carbocycles. The van der Waals surface area contributed by atoms with Gasteiger partial charge in [0.15, 0.2) is 0 Å². The second kappa shape index (κ2) is 8.50. The van der Waals surface area contributed by atoms with Crippen LogP contribution >= 0.6 is 0 Å². The molecule has 1 unspecified atom stereocenters. The third-order valence-corrected chi connectivity index (χ3v) is 5.41. The zero-order valence-corrected chi connectivity index (χ0v) is 17.6. The standard InChI is InChI=1S/C24H22N4O4/c1-15(2)16-7-9-17(10-8-16)22-25-21-6-4-3-5-20(21)24(30)27(22)26-23(29)18-11-13-19(14-12-18)28(31)32/h3-15,22,25H,1-2H3,(H,26,29). The molecule has 3 aromatic carbocycles. The van der Waals surface area contributed by atoms with Gasteiger partial charge >= 0.3 is 0 Å². The number of nitrogens with zero attached hydrogens (tertiary/aromatic N) is 2. The molecule has 2 amide bonds. The van der Waals surface area contributed by atoms with Crippen LogP contribution in [-0.2, 0) is 0 Å². The van der Waals surface area contributed by atoms with Gasteiger partial charge in [-0.05, 0) is 41.3 Å². The molecule has 1 heterocycles. The average Bonchev–Trinajstić information content (AvgIpc) is 2.80. The van der Waals surface area contributed by atoms with E-state index < -0.39 is 17.0 Å². The smallest absolute Gasteiger partial charge is 0.276 e. The van der Waals surface area contributed by atoms with Crippen molar-refractivity contribution >= 4 is 23.2 Å². The van der Waals surface area contributed by atoms with E-state index in [9.17, 15) is 19.7 Å². The molecule has 2 N–H and O–H groups in total. The third kappa shape index (κ3) is 4.02. The molecular formula is C24H22N4O4. The van der Waals surface area contributed by atoms with E-state index in [2.05, 4.69) is 24.6 Å². The first-order valence-corrected chi connectivity index (χ1v) is 10.2. The summed E-state index contributed by atoms with van der Waals surface area (Å²) >= 11 is 0. The number of benzene rings is 3. The SMILES string of the molecule is CC(C)c1ccc(C2Nc3ccccc3C(=O)N2NC(=O)c2ccc([N+](=O)[O-])cc2)cc1. The third-order valence-electron chi connectivity index (χ3n) is 5.41. The molecule has 1 aliphatic heterocycles. The van der Waals surface area contributed by atoms with E-state index in [1.54, 1.807) is 12.1 Å². The normalized spacial score (nSPS) is 15.2. The lowest BCUT2D eigenvalue weighted by molar-refractivity contribution is -0.384. The molecule has 8 nitrogen and oxygen atoms in total. The maximum absolute atomic E-state index is 13.3. The summed E-state index contributed by atoms with van der Waals surface area (Å²) in [6.45, 7) is 4.20. The summed E-state index contributed by atoms with van der Waals surface area (Å²) in [7, 11) is 0. The Morgan fingerprint density at radius 1 is 1.03 bits per heavy atom. The van der Waals surface area contributed by atoms with E-state index in [4.69, 9.17) is 0 Å². The van der Waals surface area contributed by atoms with Gasteiger partial charge in [0, 0.05) is 23.4 Å². The molecule has 0 spiro atoms. The number of para-hydroxylation sites is 1.